The minimum absolute atomic E-state index is 0.0382. The van der Waals surface area contributed by atoms with E-state index in [0.717, 1.165) is 23.9 Å². The van der Waals surface area contributed by atoms with Crippen molar-refractivity contribution in [1.82, 2.24) is 4.90 Å². The maximum atomic E-state index is 12.1. The van der Waals surface area contributed by atoms with Gasteiger partial charge in [-0.2, -0.15) is 0 Å². The van der Waals surface area contributed by atoms with Crippen molar-refractivity contribution in [2.24, 2.45) is 0 Å². The molecule has 1 aromatic rings. The largest absolute Gasteiger partial charge is 0.376 e. The van der Waals surface area contributed by atoms with Crippen LogP contribution in [0.25, 0.3) is 0 Å². The van der Waals surface area contributed by atoms with E-state index in [2.05, 4.69) is 21.2 Å². The van der Waals surface area contributed by atoms with E-state index in [9.17, 15) is 9.59 Å². The van der Waals surface area contributed by atoms with Crippen molar-refractivity contribution < 1.29 is 14.3 Å². The summed E-state index contributed by atoms with van der Waals surface area (Å²) in [6.45, 7) is 2.72. The van der Waals surface area contributed by atoms with Crippen molar-refractivity contribution in [2.75, 3.05) is 25.0 Å². The van der Waals surface area contributed by atoms with E-state index in [1.54, 1.807) is 6.07 Å². The Morgan fingerprint density at radius 2 is 2.19 bits per heavy atom. The number of para-hydroxylation sites is 1. The van der Waals surface area contributed by atoms with Crippen molar-refractivity contribution in [3.8, 4) is 0 Å². The second kappa shape index (κ2) is 7.56. The smallest absolute Gasteiger partial charge is 0.244 e. The van der Waals surface area contributed by atoms with Gasteiger partial charge in [-0.1, -0.05) is 12.1 Å². The standard InChI is InChI=1S/C15H19BrN2O3/c1-11(19)18(9-12-5-4-8-21-12)10-15(20)17-14-7-3-2-6-13(14)16/h2-3,6-7,12H,4-5,8-10H2,1H3,(H,17,20). The Morgan fingerprint density at radius 1 is 1.43 bits per heavy atom. The van der Waals surface area contributed by atoms with Crippen LogP contribution in [0.1, 0.15) is 19.8 Å². The van der Waals surface area contributed by atoms with Gasteiger partial charge in [0.05, 0.1) is 18.3 Å². The van der Waals surface area contributed by atoms with Gasteiger partial charge in [-0.25, -0.2) is 0 Å². The third kappa shape index (κ3) is 4.82. The molecule has 1 saturated heterocycles. The molecule has 1 aliphatic rings. The molecule has 1 aromatic carbocycles. The number of nitrogens with one attached hydrogen (secondary N) is 1. The highest BCUT2D eigenvalue weighted by atomic mass is 79.9. The van der Waals surface area contributed by atoms with E-state index in [-0.39, 0.29) is 24.5 Å². The number of nitrogens with zero attached hydrogens (tertiary/aromatic N) is 1. The van der Waals surface area contributed by atoms with E-state index in [0.29, 0.717) is 12.2 Å². The van der Waals surface area contributed by atoms with Crippen LogP contribution in [0.3, 0.4) is 0 Å². The molecule has 1 aliphatic heterocycles. The molecular weight excluding hydrogens is 336 g/mol. The first-order chi connectivity index (χ1) is 10.1. The summed E-state index contributed by atoms with van der Waals surface area (Å²) in [6, 6.07) is 7.37. The second-order valence-electron chi connectivity index (χ2n) is 5.06. The van der Waals surface area contributed by atoms with E-state index >= 15 is 0 Å². The van der Waals surface area contributed by atoms with Gasteiger partial charge in [0, 0.05) is 24.5 Å². The number of rotatable bonds is 5. The summed E-state index contributed by atoms with van der Waals surface area (Å²) in [5.74, 6) is -0.331. The normalized spacial score (nSPS) is 17.5. The molecule has 1 heterocycles. The number of carbonyl (C=O) groups excluding carboxylic acids is 2. The lowest BCUT2D eigenvalue weighted by molar-refractivity contribution is -0.134. The summed E-state index contributed by atoms with van der Waals surface area (Å²) in [4.78, 5) is 25.3. The van der Waals surface area contributed by atoms with Gasteiger partial charge < -0.3 is 15.0 Å². The highest BCUT2D eigenvalue weighted by Crippen LogP contribution is 2.21. The lowest BCUT2D eigenvalue weighted by atomic mass is 10.2. The lowest BCUT2D eigenvalue weighted by Gasteiger charge is -2.23. The zero-order chi connectivity index (χ0) is 15.2. The fraction of sp³-hybridized carbons (Fsp3) is 0.467. The average Bonchev–Trinajstić information content (AvgIpc) is 2.93. The van der Waals surface area contributed by atoms with Crippen LogP contribution in [0.15, 0.2) is 28.7 Å². The summed E-state index contributed by atoms with van der Waals surface area (Å²) in [5.41, 5.74) is 0.697. The highest BCUT2D eigenvalue weighted by molar-refractivity contribution is 9.10. The molecule has 0 bridgehead atoms. The predicted molar refractivity (Wildman–Crippen MR) is 84.0 cm³/mol. The number of benzene rings is 1. The molecular formula is C15H19BrN2O3. The molecule has 114 valence electrons. The maximum absolute atomic E-state index is 12.1. The van der Waals surface area contributed by atoms with Crippen molar-refractivity contribution >= 4 is 33.4 Å². The topological polar surface area (TPSA) is 58.6 Å². The summed E-state index contributed by atoms with van der Waals surface area (Å²) < 4.78 is 6.33. The van der Waals surface area contributed by atoms with Gasteiger partial charge >= 0.3 is 0 Å². The molecule has 2 amide bonds. The van der Waals surface area contributed by atoms with Crippen LogP contribution in [-0.2, 0) is 14.3 Å². The Hall–Kier alpha value is -1.40. The van der Waals surface area contributed by atoms with Gasteiger partial charge in [0.2, 0.25) is 11.8 Å². The molecule has 1 N–H and O–H groups in total. The van der Waals surface area contributed by atoms with Gasteiger partial charge in [-0.3, -0.25) is 9.59 Å². The lowest BCUT2D eigenvalue weighted by Crippen LogP contribution is -2.41. The SMILES string of the molecule is CC(=O)N(CC(=O)Nc1ccccc1Br)CC1CCCO1. The van der Waals surface area contributed by atoms with Crippen LogP contribution in [0.2, 0.25) is 0 Å². The minimum Gasteiger partial charge on any atom is -0.376 e. The van der Waals surface area contributed by atoms with E-state index in [1.165, 1.54) is 11.8 Å². The van der Waals surface area contributed by atoms with Crippen LogP contribution in [0.5, 0.6) is 0 Å². The van der Waals surface area contributed by atoms with Crippen LogP contribution < -0.4 is 5.32 Å². The first-order valence-corrected chi connectivity index (χ1v) is 7.77. The van der Waals surface area contributed by atoms with Gasteiger partial charge in [0.25, 0.3) is 0 Å². The molecule has 5 nitrogen and oxygen atoms in total. The van der Waals surface area contributed by atoms with E-state index < -0.39 is 0 Å². The Labute approximate surface area is 132 Å². The number of carbonyl (C=O) groups is 2. The molecule has 1 unspecified atom stereocenters. The van der Waals surface area contributed by atoms with Crippen molar-refractivity contribution in [3.63, 3.8) is 0 Å². The summed E-state index contributed by atoms with van der Waals surface area (Å²) in [6.07, 6.45) is 2.00. The first-order valence-electron chi connectivity index (χ1n) is 6.98. The molecule has 0 aromatic heterocycles. The van der Waals surface area contributed by atoms with Gasteiger partial charge in [-0.05, 0) is 40.9 Å². The molecule has 1 atom stereocenters. The third-order valence-electron chi connectivity index (χ3n) is 3.38. The molecule has 0 saturated carbocycles. The average molecular weight is 355 g/mol. The fourth-order valence-electron chi connectivity index (χ4n) is 2.26. The zero-order valence-electron chi connectivity index (χ0n) is 12.0. The summed E-state index contributed by atoms with van der Waals surface area (Å²) in [7, 11) is 0. The van der Waals surface area contributed by atoms with Gasteiger partial charge in [-0.15, -0.1) is 0 Å². The maximum Gasteiger partial charge on any atom is 0.244 e. The summed E-state index contributed by atoms with van der Waals surface area (Å²) in [5, 5.41) is 2.80. The number of halogens is 1. The molecule has 6 heteroatoms. The number of ether oxygens (including phenoxy) is 1. The van der Waals surface area contributed by atoms with Crippen LogP contribution in [-0.4, -0.2) is 42.5 Å². The molecule has 21 heavy (non-hydrogen) atoms. The summed E-state index contributed by atoms with van der Waals surface area (Å²) >= 11 is 3.38. The highest BCUT2D eigenvalue weighted by Gasteiger charge is 2.22. The molecule has 1 fully saturated rings. The van der Waals surface area contributed by atoms with E-state index in [4.69, 9.17) is 4.74 Å². The van der Waals surface area contributed by atoms with Crippen LogP contribution in [0, 0.1) is 0 Å². The van der Waals surface area contributed by atoms with E-state index in [1.807, 2.05) is 18.2 Å². The van der Waals surface area contributed by atoms with Gasteiger partial charge in [0.15, 0.2) is 0 Å². The number of hydrogen-bond acceptors (Lipinski definition) is 3. The quantitative estimate of drug-likeness (QED) is 0.883. The molecule has 0 spiro atoms. The van der Waals surface area contributed by atoms with Crippen molar-refractivity contribution in [1.29, 1.82) is 0 Å². The Morgan fingerprint density at radius 3 is 2.81 bits per heavy atom. The number of anilines is 1. The third-order valence-corrected chi connectivity index (χ3v) is 4.07. The number of amides is 2. The Bertz CT molecular complexity index is 515. The molecule has 2 rings (SSSR count). The fourth-order valence-corrected chi connectivity index (χ4v) is 2.65. The van der Waals surface area contributed by atoms with Crippen molar-refractivity contribution in [3.05, 3.63) is 28.7 Å². The predicted octanol–water partition coefficient (Wildman–Crippen LogP) is 2.42. The number of hydrogen-bond donors (Lipinski definition) is 1. The van der Waals surface area contributed by atoms with Gasteiger partial charge in [0.1, 0.15) is 0 Å². The molecule has 0 radical (unpaired) electrons. The monoisotopic (exact) mass is 354 g/mol. The Balaban J connectivity index is 1.91. The first kappa shape index (κ1) is 16.0. The second-order valence-corrected chi connectivity index (χ2v) is 5.92. The van der Waals surface area contributed by atoms with Crippen molar-refractivity contribution in [2.45, 2.75) is 25.9 Å². The zero-order valence-corrected chi connectivity index (χ0v) is 13.6. The molecule has 0 aliphatic carbocycles. The van der Waals surface area contributed by atoms with Crippen LogP contribution >= 0.6 is 15.9 Å². The minimum atomic E-state index is -0.213. The van der Waals surface area contributed by atoms with Crippen LogP contribution in [0.4, 0.5) is 5.69 Å². The Kier molecular flexibility index (Phi) is 5.76.